The van der Waals surface area contributed by atoms with Crippen LogP contribution in [-0.2, 0) is 13.5 Å². The van der Waals surface area contributed by atoms with Gasteiger partial charge in [0.2, 0.25) is 0 Å². The fourth-order valence-electron chi connectivity index (χ4n) is 2.66. The summed E-state index contributed by atoms with van der Waals surface area (Å²) in [5.74, 6) is -0.319. The minimum Gasteiger partial charge on any atom is -0.478 e. The lowest BCUT2D eigenvalue weighted by Crippen LogP contribution is -2.04. The minimum absolute atomic E-state index is 0.0359. The van der Waals surface area contributed by atoms with E-state index in [1.54, 1.807) is 6.07 Å². The van der Waals surface area contributed by atoms with Gasteiger partial charge < -0.3 is 9.67 Å². The van der Waals surface area contributed by atoms with Gasteiger partial charge in [0.15, 0.2) is 0 Å². The van der Waals surface area contributed by atoms with Crippen molar-refractivity contribution in [3.63, 3.8) is 0 Å². The summed E-state index contributed by atoms with van der Waals surface area (Å²) in [6, 6.07) is 6.93. The number of hydrogen-bond donors (Lipinski definition) is 1. The number of aromatic carboxylic acids is 1. The Bertz CT molecular complexity index is 983. The summed E-state index contributed by atoms with van der Waals surface area (Å²) in [5, 5.41) is 9.81. The number of nitrogens with zero attached hydrogens (tertiary/aromatic N) is 2. The molecule has 3 rings (SSSR count). The van der Waals surface area contributed by atoms with Crippen LogP contribution in [0.25, 0.3) is 11.0 Å². The van der Waals surface area contributed by atoms with Gasteiger partial charge in [-0.2, -0.15) is 0 Å². The Labute approximate surface area is 157 Å². The molecule has 3 aromatic rings. The maximum Gasteiger partial charge on any atom is 0.337 e. The maximum atomic E-state index is 11.3. The molecule has 24 heavy (non-hydrogen) atoms. The second-order valence-electron chi connectivity index (χ2n) is 5.50. The quantitative estimate of drug-likeness (QED) is 0.621. The number of aromatic nitrogens is 2. The highest BCUT2D eigenvalue weighted by atomic mass is 79.9. The van der Waals surface area contributed by atoms with Crippen molar-refractivity contribution in [1.82, 2.24) is 9.55 Å². The van der Waals surface area contributed by atoms with Gasteiger partial charge in [0.1, 0.15) is 5.82 Å². The van der Waals surface area contributed by atoms with E-state index in [-0.39, 0.29) is 10.6 Å². The van der Waals surface area contributed by atoms with Crippen molar-refractivity contribution in [2.75, 3.05) is 0 Å². The fraction of sp³-hybridized carbons (Fsp3) is 0.176. The zero-order valence-corrected chi connectivity index (χ0v) is 16.0. The van der Waals surface area contributed by atoms with Crippen LogP contribution in [0.3, 0.4) is 0 Å². The Morgan fingerprint density at radius 3 is 2.67 bits per heavy atom. The highest BCUT2D eigenvalue weighted by Crippen LogP contribution is 2.32. The largest absolute Gasteiger partial charge is 0.478 e. The molecule has 1 aromatic heterocycles. The monoisotopic (exact) mass is 426 g/mol. The van der Waals surface area contributed by atoms with Gasteiger partial charge >= 0.3 is 5.97 Å². The number of aryl methyl sites for hydroxylation is 2. The molecule has 0 fully saturated rings. The summed E-state index contributed by atoms with van der Waals surface area (Å²) in [5.41, 5.74) is 3.53. The molecule has 4 nitrogen and oxygen atoms in total. The molecule has 0 atom stereocenters. The van der Waals surface area contributed by atoms with Crippen LogP contribution < -0.4 is 0 Å². The van der Waals surface area contributed by atoms with E-state index in [9.17, 15) is 9.90 Å². The number of carboxylic acid groups (broad SMARTS) is 1. The number of benzene rings is 2. The van der Waals surface area contributed by atoms with E-state index in [0.29, 0.717) is 17.0 Å². The molecule has 0 amide bonds. The van der Waals surface area contributed by atoms with Crippen LogP contribution in [0.15, 0.2) is 28.7 Å². The zero-order chi connectivity index (χ0) is 17.6. The molecule has 1 N–H and O–H groups in total. The maximum absolute atomic E-state index is 11.3. The predicted octanol–water partition coefficient (Wildman–Crippen LogP) is 5.24. The summed E-state index contributed by atoms with van der Waals surface area (Å²) in [6.07, 6.45) is 0.348. The number of imidazole rings is 1. The molecule has 1 heterocycles. The minimum atomic E-state index is -1.08. The molecule has 2 aromatic carbocycles. The Morgan fingerprint density at radius 2 is 2.00 bits per heavy atom. The summed E-state index contributed by atoms with van der Waals surface area (Å²) in [7, 11) is 1.92. The molecule has 124 valence electrons. The van der Waals surface area contributed by atoms with Crippen molar-refractivity contribution in [2.24, 2.45) is 7.05 Å². The molecule has 0 spiro atoms. The number of halogens is 3. The molecular weight excluding hydrogens is 415 g/mol. The van der Waals surface area contributed by atoms with Gasteiger partial charge in [-0.05, 0) is 42.3 Å². The molecule has 0 aliphatic carbocycles. The van der Waals surface area contributed by atoms with Gasteiger partial charge in [-0.15, -0.1) is 0 Å². The van der Waals surface area contributed by atoms with Crippen molar-refractivity contribution in [3.05, 3.63) is 61.3 Å². The van der Waals surface area contributed by atoms with Crippen LogP contribution in [-0.4, -0.2) is 20.6 Å². The van der Waals surface area contributed by atoms with Gasteiger partial charge in [-0.3, -0.25) is 0 Å². The first-order valence-corrected chi connectivity index (χ1v) is 8.66. The summed E-state index contributed by atoms with van der Waals surface area (Å²) >= 11 is 16.0. The van der Waals surface area contributed by atoms with Gasteiger partial charge in [0, 0.05) is 23.0 Å². The van der Waals surface area contributed by atoms with Crippen LogP contribution in [0.1, 0.15) is 27.3 Å². The molecule has 0 bridgehead atoms. The van der Waals surface area contributed by atoms with Crippen molar-refractivity contribution in [1.29, 1.82) is 0 Å². The third-order valence-electron chi connectivity index (χ3n) is 4.08. The van der Waals surface area contributed by atoms with E-state index in [0.717, 1.165) is 26.9 Å². The van der Waals surface area contributed by atoms with Crippen LogP contribution in [0.5, 0.6) is 0 Å². The number of carboxylic acids is 1. The molecule has 0 unspecified atom stereocenters. The van der Waals surface area contributed by atoms with Crippen molar-refractivity contribution < 1.29 is 9.90 Å². The molecule has 0 radical (unpaired) electrons. The van der Waals surface area contributed by atoms with Crippen LogP contribution >= 0.6 is 39.1 Å². The van der Waals surface area contributed by atoms with Crippen molar-refractivity contribution in [3.8, 4) is 0 Å². The van der Waals surface area contributed by atoms with Gasteiger partial charge in [-0.1, -0.05) is 39.1 Å². The summed E-state index contributed by atoms with van der Waals surface area (Å²) in [6.45, 7) is 1.99. The number of fused-ring (bicyclic) bond motifs is 1. The molecule has 0 aliphatic rings. The van der Waals surface area contributed by atoms with E-state index in [4.69, 9.17) is 28.2 Å². The van der Waals surface area contributed by atoms with E-state index < -0.39 is 5.97 Å². The summed E-state index contributed by atoms with van der Waals surface area (Å²) < 4.78 is 2.96. The molecular formula is C17H13BrCl2N2O2. The molecule has 0 saturated heterocycles. The van der Waals surface area contributed by atoms with Crippen LogP contribution in [0, 0.1) is 6.92 Å². The van der Waals surface area contributed by atoms with E-state index in [2.05, 4.69) is 15.9 Å². The zero-order valence-electron chi connectivity index (χ0n) is 12.9. The molecule has 0 aliphatic heterocycles. The predicted molar refractivity (Wildman–Crippen MR) is 99.4 cm³/mol. The Balaban J connectivity index is 2.14. The number of carbonyl (C=O) groups is 1. The second kappa shape index (κ2) is 6.39. The second-order valence-corrected chi connectivity index (χ2v) is 7.14. The standard InChI is InChI=1S/C17H13BrCl2N2O2/c1-8-11(18)4-6-13-16(8)21-14(22(13)2)7-10-12(19)5-3-9(15(10)20)17(23)24/h3-6H,7H2,1-2H3,(H,23,24). The van der Waals surface area contributed by atoms with Crippen molar-refractivity contribution in [2.45, 2.75) is 13.3 Å². The normalized spacial score (nSPS) is 11.2. The van der Waals surface area contributed by atoms with Gasteiger partial charge in [0.05, 0.1) is 21.6 Å². The van der Waals surface area contributed by atoms with E-state index >= 15 is 0 Å². The number of hydrogen-bond acceptors (Lipinski definition) is 2. The third-order valence-corrected chi connectivity index (χ3v) is 5.73. The highest BCUT2D eigenvalue weighted by molar-refractivity contribution is 9.10. The average Bonchev–Trinajstić information content (AvgIpc) is 2.84. The SMILES string of the molecule is Cc1c(Br)ccc2c1nc(Cc1c(Cl)ccc(C(=O)O)c1Cl)n2C. The van der Waals surface area contributed by atoms with Gasteiger partial charge in [-0.25, -0.2) is 9.78 Å². The third kappa shape index (κ3) is 2.81. The topological polar surface area (TPSA) is 55.1 Å². The lowest BCUT2D eigenvalue weighted by Gasteiger charge is -2.09. The molecule has 0 saturated carbocycles. The van der Waals surface area contributed by atoms with E-state index in [1.165, 1.54) is 6.07 Å². The lowest BCUT2D eigenvalue weighted by molar-refractivity contribution is 0.0697. The number of rotatable bonds is 3. The van der Waals surface area contributed by atoms with Gasteiger partial charge in [0.25, 0.3) is 0 Å². The first kappa shape index (κ1) is 17.3. The fourth-order valence-corrected chi connectivity index (χ4v) is 3.56. The van der Waals surface area contributed by atoms with Crippen LogP contribution in [0.2, 0.25) is 10.0 Å². The molecule has 7 heteroatoms. The smallest absolute Gasteiger partial charge is 0.337 e. The van der Waals surface area contributed by atoms with Crippen molar-refractivity contribution >= 4 is 56.1 Å². The summed E-state index contributed by atoms with van der Waals surface area (Å²) in [4.78, 5) is 16.0. The van der Waals surface area contributed by atoms with E-state index in [1.807, 2.05) is 30.7 Å². The average molecular weight is 428 g/mol. The van der Waals surface area contributed by atoms with Crippen LogP contribution in [0.4, 0.5) is 0 Å². The highest BCUT2D eigenvalue weighted by Gasteiger charge is 2.19. The first-order chi connectivity index (χ1) is 11.3. The first-order valence-electron chi connectivity index (χ1n) is 7.11. The lowest BCUT2D eigenvalue weighted by atomic mass is 10.1. The Kier molecular flexibility index (Phi) is 4.60. The Hall–Kier alpha value is -1.56. The Morgan fingerprint density at radius 1 is 1.29 bits per heavy atom.